The van der Waals surface area contributed by atoms with Gasteiger partial charge in [-0.05, 0) is 62.3 Å². The Bertz CT molecular complexity index is 769. The molecule has 21 heavy (non-hydrogen) atoms. The van der Waals surface area contributed by atoms with E-state index < -0.39 is 0 Å². The van der Waals surface area contributed by atoms with Crippen molar-refractivity contribution in [3.05, 3.63) is 57.5 Å². The minimum absolute atomic E-state index is 0.565. The van der Waals surface area contributed by atoms with E-state index in [9.17, 15) is 0 Å². The van der Waals surface area contributed by atoms with E-state index in [-0.39, 0.29) is 0 Å². The second-order valence-corrected chi connectivity index (χ2v) is 5.81. The summed E-state index contributed by atoms with van der Waals surface area (Å²) in [6.07, 6.45) is 0. The van der Waals surface area contributed by atoms with Crippen LogP contribution in [0.3, 0.4) is 0 Å². The third-order valence-electron chi connectivity index (χ3n) is 3.03. The van der Waals surface area contributed by atoms with E-state index in [1.807, 2.05) is 42.5 Å². The number of hydrogen-bond acceptors (Lipinski definition) is 4. The average molecular weight is 365 g/mol. The van der Waals surface area contributed by atoms with E-state index in [0.29, 0.717) is 23.1 Å². The van der Waals surface area contributed by atoms with Crippen LogP contribution in [0.2, 0.25) is 5.02 Å². The van der Waals surface area contributed by atoms with Gasteiger partial charge in [-0.3, -0.25) is 0 Å². The highest BCUT2D eigenvalue weighted by Gasteiger charge is 2.10. The van der Waals surface area contributed by atoms with E-state index in [1.54, 1.807) is 4.68 Å². The van der Waals surface area contributed by atoms with Crippen LogP contribution in [0.5, 0.6) is 0 Å². The number of nitrogen functional groups attached to an aromatic ring is 1. The third-order valence-corrected chi connectivity index (χ3v) is 4.01. The number of hydrogen-bond donors (Lipinski definition) is 1. The molecule has 3 rings (SSSR count). The summed E-state index contributed by atoms with van der Waals surface area (Å²) >= 11 is 9.26. The van der Waals surface area contributed by atoms with Crippen molar-refractivity contribution in [3.63, 3.8) is 0 Å². The highest BCUT2D eigenvalue weighted by Crippen LogP contribution is 2.25. The molecule has 0 fully saturated rings. The van der Waals surface area contributed by atoms with Gasteiger partial charge in [0.05, 0.1) is 6.54 Å². The summed E-state index contributed by atoms with van der Waals surface area (Å²) in [6, 6.07) is 13.2. The molecule has 0 aliphatic heterocycles. The van der Waals surface area contributed by atoms with E-state index in [4.69, 9.17) is 17.3 Å². The first-order chi connectivity index (χ1) is 10.1. The number of benzene rings is 2. The van der Waals surface area contributed by atoms with Crippen molar-refractivity contribution in [3.8, 4) is 11.4 Å². The Morgan fingerprint density at radius 1 is 1.14 bits per heavy atom. The zero-order chi connectivity index (χ0) is 14.8. The Hall–Kier alpha value is -1.92. The Labute approximate surface area is 134 Å². The molecule has 1 aromatic heterocycles. The lowest BCUT2D eigenvalue weighted by Crippen LogP contribution is -2.04. The Balaban J connectivity index is 1.93. The monoisotopic (exact) mass is 363 g/mol. The van der Waals surface area contributed by atoms with E-state index in [0.717, 1.165) is 15.6 Å². The predicted molar refractivity (Wildman–Crippen MR) is 85.9 cm³/mol. The molecular weight excluding hydrogens is 354 g/mol. The van der Waals surface area contributed by atoms with Crippen molar-refractivity contribution >= 4 is 33.2 Å². The molecule has 2 N–H and O–H groups in total. The van der Waals surface area contributed by atoms with Crippen LogP contribution < -0.4 is 5.73 Å². The van der Waals surface area contributed by atoms with Crippen molar-refractivity contribution in [1.29, 1.82) is 0 Å². The fourth-order valence-electron chi connectivity index (χ4n) is 1.96. The second kappa shape index (κ2) is 5.83. The van der Waals surface area contributed by atoms with Gasteiger partial charge in [0.25, 0.3) is 0 Å². The zero-order valence-electron chi connectivity index (χ0n) is 10.9. The summed E-state index contributed by atoms with van der Waals surface area (Å²) in [4.78, 5) is 0. The van der Waals surface area contributed by atoms with E-state index >= 15 is 0 Å². The maximum absolute atomic E-state index is 5.91. The van der Waals surface area contributed by atoms with Gasteiger partial charge in [-0.2, -0.15) is 0 Å². The predicted octanol–water partition coefficient (Wildman–Crippen LogP) is 3.39. The smallest absolute Gasteiger partial charge is 0.182 e. The van der Waals surface area contributed by atoms with Gasteiger partial charge in [-0.25, -0.2) is 4.68 Å². The molecule has 0 radical (unpaired) electrons. The van der Waals surface area contributed by atoms with Crippen LogP contribution in [-0.2, 0) is 6.54 Å². The Kier molecular flexibility index (Phi) is 3.90. The van der Waals surface area contributed by atoms with Crippen LogP contribution in [0, 0.1) is 0 Å². The fourth-order valence-corrected chi connectivity index (χ4v) is 2.34. The number of halogens is 2. The molecule has 2 aromatic carbocycles. The van der Waals surface area contributed by atoms with Gasteiger partial charge in [0.15, 0.2) is 5.82 Å². The highest BCUT2D eigenvalue weighted by atomic mass is 79.9. The first-order valence-electron chi connectivity index (χ1n) is 6.19. The fraction of sp³-hybridized carbons (Fsp3) is 0.0714. The summed E-state index contributed by atoms with van der Waals surface area (Å²) in [6.45, 7) is 0.565. The summed E-state index contributed by atoms with van der Waals surface area (Å²) < 4.78 is 2.58. The van der Waals surface area contributed by atoms with Crippen molar-refractivity contribution in [2.45, 2.75) is 6.54 Å². The second-order valence-electron chi connectivity index (χ2n) is 4.52. The number of rotatable bonds is 3. The minimum atomic E-state index is 0.565. The normalized spacial score (nSPS) is 10.8. The Morgan fingerprint density at radius 3 is 2.62 bits per heavy atom. The molecular formula is C14H11BrClN5. The maximum Gasteiger partial charge on any atom is 0.182 e. The van der Waals surface area contributed by atoms with E-state index in [2.05, 4.69) is 31.5 Å². The van der Waals surface area contributed by atoms with Crippen LogP contribution in [0.25, 0.3) is 11.4 Å². The molecule has 0 aliphatic rings. The highest BCUT2D eigenvalue weighted by molar-refractivity contribution is 9.10. The maximum atomic E-state index is 5.91. The molecule has 5 nitrogen and oxygen atoms in total. The number of anilines is 1. The molecule has 0 spiro atoms. The van der Waals surface area contributed by atoms with Crippen molar-refractivity contribution in [2.75, 3.05) is 5.73 Å². The standard InChI is InChI=1S/C14H11BrClN5/c15-12-6-3-10(7-13(12)17)14-18-19-20-21(14)8-9-1-4-11(16)5-2-9/h1-7H,8,17H2. The molecule has 3 aromatic rings. The summed E-state index contributed by atoms with van der Waals surface area (Å²) in [5.74, 6) is 0.671. The molecule has 0 bridgehead atoms. The number of nitrogens with zero attached hydrogens (tertiary/aromatic N) is 4. The molecule has 0 saturated heterocycles. The molecule has 106 valence electrons. The van der Waals surface area contributed by atoms with Crippen molar-refractivity contribution < 1.29 is 0 Å². The van der Waals surface area contributed by atoms with Gasteiger partial charge in [-0.15, -0.1) is 5.10 Å². The molecule has 0 unspecified atom stereocenters. The topological polar surface area (TPSA) is 69.6 Å². The summed E-state index contributed by atoms with van der Waals surface area (Å²) in [7, 11) is 0. The number of aromatic nitrogens is 4. The van der Waals surface area contributed by atoms with Crippen LogP contribution in [0.1, 0.15) is 5.56 Å². The van der Waals surface area contributed by atoms with Crippen LogP contribution in [0.15, 0.2) is 46.9 Å². The minimum Gasteiger partial charge on any atom is -0.398 e. The van der Waals surface area contributed by atoms with Crippen LogP contribution >= 0.6 is 27.5 Å². The lowest BCUT2D eigenvalue weighted by Gasteiger charge is -2.06. The summed E-state index contributed by atoms with van der Waals surface area (Å²) in [5.41, 5.74) is 8.49. The van der Waals surface area contributed by atoms with Crippen LogP contribution in [-0.4, -0.2) is 20.2 Å². The molecule has 0 aliphatic carbocycles. The van der Waals surface area contributed by atoms with Gasteiger partial charge in [-0.1, -0.05) is 23.7 Å². The van der Waals surface area contributed by atoms with Gasteiger partial charge in [0.1, 0.15) is 0 Å². The molecule has 0 saturated carbocycles. The molecule has 1 heterocycles. The lowest BCUT2D eigenvalue weighted by atomic mass is 10.2. The lowest BCUT2D eigenvalue weighted by molar-refractivity contribution is 0.653. The molecule has 0 amide bonds. The molecule has 0 atom stereocenters. The van der Waals surface area contributed by atoms with Gasteiger partial charge in [0.2, 0.25) is 0 Å². The first-order valence-corrected chi connectivity index (χ1v) is 7.36. The Morgan fingerprint density at radius 2 is 1.90 bits per heavy atom. The van der Waals surface area contributed by atoms with Crippen LogP contribution in [0.4, 0.5) is 5.69 Å². The van der Waals surface area contributed by atoms with Gasteiger partial charge in [0, 0.05) is 20.7 Å². The SMILES string of the molecule is Nc1cc(-c2nnnn2Cc2ccc(Cl)cc2)ccc1Br. The van der Waals surface area contributed by atoms with Gasteiger partial charge < -0.3 is 5.73 Å². The zero-order valence-corrected chi connectivity index (χ0v) is 13.2. The summed E-state index contributed by atoms with van der Waals surface area (Å²) in [5, 5.41) is 12.6. The van der Waals surface area contributed by atoms with Crippen molar-refractivity contribution in [2.24, 2.45) is 0 Å². The largest absolute Gasteiger partial charge is 0.398 e. The molecule has 7 heteroatoms. The van der Waals surface area contributed by atoms with Gasteiger partial charge >= 0.3 is 0 Å². The average Bonchev–Trinajstić information content (AvgIpc) is 2.92. The first kappa shape index (κ1) is 14.0. The number of nitrogens with two attached hydrogens (primary N) is 1. The van der Waals surface area contributed by atoms with E-state index in [1.165, 1.54) is 0 Å². The quantitative estimate of drug-likeness (QED) is 0.723. The third kappa shape index (κ3) is 3.06. The van der Waals surface area contributed by atoms with Crippen molar-refractivity contribution in [1.82, 2.24) is 20.2 Å². The number of tetrazole rings is 1.